The van der Waals surface area contributed by atoms with Crippen molar-refractivity contribution in [3.8, 4) is 0 Å². The van der Waals surface area contributed by atoms with Gasteiger partial charge in [0.15, 0.2) is 0 Å². The first-order valence-corrected chi connectivity index (χ1v) is 5.73. The van der Waals surface area contributed by atoms with Crippen LogP contribution in [0.2, 0.25) is 0 Å². The average molecular weight is 228 g/mol. The van der Waals surface area contributed by atoms with Gasteiger partial charge in [0.05, 0.1) is 6.54 Å². The molecule has 1 aromatic rings. The summed E-state index contributed by atoms with van der Waals surface area (Å²) < 4.78 is 0. The fourth-order valence-electron chi connectivity index (χ4n) is 1.36. The molecule has 0 amide bonds. The number of aromatic nitrogens is 2. The summed E-state index contributed by atoms with van der Waals surface area (Å²) in [5.74, 6) is 1.45. The lowest BCUT2D eigenvalue weighted by Crippen LogP contribution is -2.24. The molecule has 1 aromatic heterocycles. The summed E-state index contributed by atoms with van der Waals surface area (Å²) in [5.41, 5.74) is 0. The summed E-state index contributed by atoms with van der Waals surface area (Å²) in [6, 6.07) is 1.81. The molecule has 0 aliphatic carbocycles. The molecule has 0 saturated heterocycles. The van der Waals surface area contributed by atoms with Crippen LogP contribution in [0.3, 0.4) is 0 Å². The Morgan fingerprint density at radius 2 is 2.00 bits per heavy atom. The molecular formula is C11H18ClN3. The van der Waals surface area contributed by atoms with E-state index in [4.69, 9.17) is 11.6 Å². The van der Waals surface area contributed by atoms with Crippen LogP contribution in [-0.4, -0.2) is 21.9 Å². The summed E-state index contributed by atoms with van der Waals surface area (Å²) in [4.78, 5) is 8.24. The number of rotatable bonds is 6. The van der Waals surface area contributed by atoms with E-state index < -0.39 is 0 Å². The van der Waals surface area contributed by atoms with E-state index in [-0.39, 0.29) is 5.38 Å². The van der Waals surface area contributed by atoms with Crippen molar-refractivity contribution in [1.82, 2.24) is 15.3 Å². The minimum atomic E-state index is 0.189. The monoisotopic (exact) mass is 227 g/mol. The normalized spacial score (nSPS) is 13.1. The van der Waals surface area contributed by atoms with Crippen LogP contribution in [0.1, 0.15) is 26.1 Å². The van der Waals surface area contributed by atoms with Crippen LogP contribution in [0.25, 0.3) is 0 Å². The van der Waals surface area contributed by atoms with Crippen molar-refractivity contribution in [3.63, 3.8) is 0 Å². The molecule has 0 radical (unpaired) electrons. The summed E-state index contributed by atoms with van der Waals surface area (Å²) in [6.45, 7) is 5.84. The second-order valence-corrected chi connectivity index (χ2v) is 4.64. The van der Waals surface area contributed by atoms with Crippen LogP contribution in [0.15, 0.2) is 18.5 Å². The molecule has 1 heterocycles. The second-order valence-electron chi connectivity index (χ2n) is 4.02. The second kappa shape index (κ2) is 6.75. The predicted molar refractivity (Wildman–Crippen MR) is 62.8 cm³/mol. The molecule has 15 heavy (non-hydrogen) atoms. The SMILES string of the molecule is CC(C)CC(Cl)CNCc1ncccn1. The molecule has 1 rings (SSSR count). The van der Waals surface area contributed by atoms with Crippen molar-refractivity contribution >= 4 is 11.6 Å². The molecule has 0 fully saturated rings. The van der Waals surface area contributed by atoms with Gasteiger partial charge in [0.2, 0.25) is 0 Å². The number of alkyl halides is 1. The molecule has 1 unspecified atom stereocenters. The van der Waals surface area contributed by atoms with Gasteiger partial charge in [-0.1, -0.05) is 13.8 Å². The number of halogens is 1. The molecule has 4 heteroatoms. The van der Waals surface area contributed by atoms with Crippen molar-refractivity contribution < 1.29 is 0 Å². The van der Waals surface area contributed by atoms with E-state index in [0.29, 0.717) is 12.5 Å². The Balaban J connectivity index is 2.16. The minimum Gasteiger partial charge on any atom is -0.308 e. The predicted octanol–water partition coefficient (Wildman–Crippen LogP) is 2.22. The fourth-order valence-corrected chi connectivity index (χ4v) is 1.82. The van der Waals surface area contributed by atoms with Gasteiger partial charge >= 0.3 is 0 Å². The Bertz CT molecular complexity index is 264. The number of hydrogen-bond donors (Lipinski definition) is 1. The topological polar surface area (TPSA) is 37.8 Å². The maximum absolute atomic E-state index is 6.14. The highest BCUT2D eigenvalue weighted by Crippen LogP contribution is 2.09. The first-order chi connectivity index (χ1) is 7.18. The maximum atomic E-state index is 6.14. The van der Waals surface area contributed by atoms with E-state index in [1.807, 2.05) is 6.07 Å². The molecular weight excluding hydrogens is 210 g/mol. The van der Waals surface area contributed by atoms with Crippen molar-refractivity contribution in [2.24, 2.45) is 5.92 Å². The lowest BCUT2D eigenvalue weighted by atomic mass is 10.1. The first-order valence-electron chi connectivity index (χ1n) is 5.29. The van der Waals surface area contributed by atoms with Crippen LogP contribution in [-0.2, 0) is 6.54 Å². The highest BCUT2D eigenvalue weighted by molar-refractivity contribution is 6.20. The molecule has 0 spiro atoms. The third-order valence-electron chi connectivity index (χ3n) is 2.00. The molecule has 0 aliphatic heterocycles. The molecule has 84 valence electrons. The van der Waals surface area contributed by atoms with Crippen molar-refractivity contribution in [1.29, 1.82) is 0 Å². The fraction of sp³-hybridized carbons (Fsp3) is 0.636. The standard InChI is InChI=1S/C11H18ClN3/c1-9(2)6-10(12)7-13-8-11-14-4-3-5-15-11/h3-5,9-10,13H,6-8H2,1-2H3. The number of hydrogen-bond acceptors (Lipinski definition) is 3. The largest absolute Gasteiger partial charge is 0.308 e. The molecule has 0 aliphatic rings. The van der Waals surface area contributed by atoms with Gasteiger partial charge < -0.3 is 5.32 Å². The lowest BCUT2D eigenvalue weighted by molar-refractivity contribution is 0.529. The summed E-state index contributed by atoms with van der Waals surface area (Å²) >= 11 is 6.14. The van der Waals surface area contributed by atoms with Crippen LogP contribution in [0, 0.1) is 5.92 Å². The van der Waals surface area contributed by atoms with Gasteiger partial charge in [-0.25, -0.2) is 9.97 Å². The van der Waals surface area contributed by atoms with Crippen molar-refractivity contribution in [3.05, 3.63) is 24.3 Å². The average Bonchev–Trinajstić information content (AvgIpc) is 2.18. The third-order valence-corrected chi connectivity index (χ3v) is 2.33. The van der Waals surface area contributed by atoms with Gasteiger partial charge in [-0.3, -0.25) is 0 Å². The van der Waals surface area contributed by atoms with Gasteiger partial charge in [0.25, 0.3) is 0 Å². The maximum Gasteiger partial charge on any atom is 0.141 e. The van der Waals surface area contributed by atoms with E-state index in [2.05, 4.69) is 29.1 Å². The first kappa shape index (κ1) is 12.4. The van der Waals surface area contributed by atoms with Crippen LogP contribution >= 0.6 is 11.6 Å². The zero-order valence-corrected chi connectivity index (χ0v) is 10.0. The van der Waals surface area contributed by atoms with Gasteiger partial charge in [0, 0.05) is 24.3 Å². The summed E-state index contributed by atoms with van der Waals surface area (Å²) in [5, 5.41) is 3.44. The Kier molecular flexibility index (Phi) is 5.58. The smallest absolute Gasteiger partial charge is 0.141 e. The Morgan fingerprint density at radius 1 is 1.33 bits per heavy atom. The van der Waals surface area contributed by atoms with Crippen molar-refractivity contribution in [2.45, 2.75) is 32.2 Å². The van der Waals surface area contributed by atoms with Crippen LogP contribution in [0.4, 0.5) is 0 Å². The third kappa shape index (κ3) is 5.70. The van der Waals surface area contributed by atoms with Crippen molar-refractivity contribution in [2.75, 3.05) is 6.54 Å². The molecule has 1 N–H and O–H groups in total. The zero-order chi connectivity index (χ0) is 11.1. The lowest BCUT2D eigenvalue weighted by Gasteiger charge is -2.12. The molecule has 0 saturated carbocycles. The molecule has 0 aromatic carbocycles. The van der Waals surface area contributed by atoms with E-state index in [9.17, 15) is 0 Å². The molecule has 1 atom stereocenters. The zero-order valence-electron chi connectivity index (χ0n) is 9.28. The van der Waals surface area contributed by atoms with Gasteiger partial charge in [-0.15, -0.1) is 11.6 Å². The van der Waals surface area contributed by atoms with Gasteiger partial charge in [-0.05, 0) is 18.4 Å². The highest BCUT2D eigenvalue weighted by atomic mass is 35.5. The van der Waals surface area contributed by atoms with E-state index in [0.717, 1.165) is 18.8 Å². The van der Waals surface area contributed by atoms with Gasteiger partial charge in [0.1, 0.15) is 5.82 Å². The minimum absolute atomic E-state index is 0.189. The van der Waals surface area contributed by atoms with E-state index in [1.165, 1.54) is 0 Å². The summed E-state index contributed by atoms with van der Waals surface area (Å²) in [6.07, 6.45) is 4.52. The van der Waals surface area contributed by atoms with Crippen LogP contribution in [0.5, 0.6) is 0 Å². The highest BCUT2D eigenvalue weighted by Gasteiger charge is 2.06. The molecule has 3 nitrogen and oxygen atoms in total. The van der Waals surface area contributed by atoms with Crippen LogP contribution < -0.4 is 5.32 Å². The quantitative estimate of drug-likeness (QED) is 0.758. The Labute approximate surface area is 96.3 Å². The summed E-state index contributed by atoms with van der Waals surface area (Å²) in [7, 11) is 0. The van der Waals surface area contributed by atoms with Gasteiger partial charge in [-0.2, -0.15) is 0 Å². The Hall–Kier alpha value is -0.670. The van der Waals surface area contributed by atoms with E-state index >= 15 is 0 Å². The number of nitrogens with one attached hydrogen (secondary N) is 1. The van der Waals surface area contributed by atoms with E-state index in [1.54, 1.807) is 12.4 Å². The molecule has 0 bridgehead atoms. The Morgan fingerprint density at radius 3 is 2.60 bits per heavy atom. The number of nitrogens with zero attached hydrogens (tertiary/aromatic N) is 2.